The second-order valence-electron chi connectivity index (χ2n) is 5.86. The van der Waals surface area contributed by atoms with Crippen LogP contribution in [0.15, 0.2) is 48.5 Å². The van der Waals surface area contributed by atoms with Gasteiger partial charge in [-0.1, -0.05) is 18.2 Å². The largest absolute Gasteiger partial charge is 0.497 e. The number of benzene rings is 2. The van der Waals surface area contributed by atoms with Crippen molar-refractivity contribution in [2.45, 2.75) is 19.6 Å². The maximum absolute atomic E-state index is 12.3. The molecule has 0 aliphatic carbocycles. The summed E-state index contributed by atoms with van der Waals surface area (Å²) in [6.45, 7) is 1.93. The molecule has 144 valence electrons. The Morgan fingerprint density at radius 3 is 2.41 bits per heavy atom. The van der Waals surface area contributed by atoms with Gasteiger partial charge >= 0.3 is 0 Å². The fourth-order valence-electron chi connectivity index (χ4n) is 2.31. The molecule has 27 heavy (non-hydrogen) atoms. The monoisotopic (exact) mass is 372 g/mol. The number of methoxy groups -OCH3 is 2. The van der Waals surface area contributed by atoms with Crippen LogP contribution in [-0.4, -0.2) is 38.7 Å². The van der Waals surface area contributed by atoms with E-state index in [1.54, 1.807) is 38.3 Å². The fourth-order valence-corrected chi connectivity index (χ4v) is 2.31. The molecule has 2 aromatic rings. The van der Waals surface area contributed by atoms with E-state index in [1.165, 1.54) is 7.11 Å². The molecule has 7 nitrogen and oxygen atoms in total. The average molecular weight is 372 g/mol. The summed E-state index contributed by atoms with van der Waals surface area (Å²) >= 11 is 0. The first kappa shape index (κ1) is 20.4. The first-order valence-electron chi connectivity index (χ1n) is 8.46. The van der Waals surface area contributed by atoms with Crippen LogP contribution < -0.4 is 15.4 Å². The molecule has 0 saturated heterocycles. The van der Waals surface area contributed by atoms with Crippen LogP contribution in [0.25, 0.3) is 0 Å². The van der Waals surface area contributed by atoms with Gasteiger partial charge in [-0.05, 0) is 42.8 Å². The average Bonchev–Trinajstić information content (AvgIpc) is 2.66. The molecule has 7 heteroatoms. The standard InChI is InChI=1S/C20H24N2O5/c1-14(27-12-15-6-4-9-18(10-15)26-3)20(24)22-17-8-5-7-16(11-17)21-19(23)13-25-2/h4-11,14H,12-13H2,1-3H3,(H,21,23)(H,22,24). The summed E-state index contributed by atoms with van der Waals surface area (Å²) < 4.78 is 15.6. The summed E-state index contributed by atoms with van der Waals surface area (Å²) in [6, 6.07) is 14.3. The highest BCUT2D eigenvalue weighted by molar-refractivity contribution is 5.96. The van der Waals surface area contributed by atoms with Gasteiger partial charge in [0.05, 0.1) is 13.7 Å². The van der Waals surface area contributed by atoms with Crippen molar-refractivity contribution >= 4 is 23.2 Å². The lowest BCUT2D eigenvalue weighted by Crippen LogP contribution is -2.27. The summed E-state index contributed by atoms with van der Waals surface area (Å²) in [6.07, 6.45) is -0.650. The molecule has 0 saturated carbocycles. The second-order valence-corrected chi connectivity index (χ2v) is 5.86. The lowest BCUT2D eigenvalue weighted by molar-refractivity contribution is -0.127. The van der Waals surface area contributed by atoms with Crippen molar-refractivity contribution in [3.8, 4) is 5.75 Å². The number of hydrogen-bond acceptors (Lipinski definition) is 5. The van der Waals surface area contributed by atoms with Gasteiger partial charge in [-0.2, -0.15) is 0 Å². The van der Waals surface area contributed by atoms with Gasteiger partial charge in [0, 0.05) is 18.5 Å². The molecule has 2 aromatic carbocycles. The first-order valence-corrected chi connectivity index (χ1v) is 8.46. The molecule has 0 aliphatic heterocycles. The van der Waals surface area contributed by atoms with Crippen LogP contribution in [0.1, 0.15) is 12.5 Å². The lowest BCUT2D eigenvalue weighted by atomic mass is 10.2. The highest BCUT2D eigenvalue weighted by Crippen LogP contribution is 2.17. The Hall–Kier alpha value is -2.90. The number of anilines is 2. The van der Waals surface area contributed by atoms with Crippen molar-refractivity contribution in [1.82, 2.24) is 0 Å². The zero-order valence-electron chi connectivity index (χ0n) is 15.7. The summed E-state index contributed by atoms with van der Waals surface area (Å²) in [7, 11) is 3.05. The van der Waals surface area contributed by atoms with E-state index in [9.17, 15) is 9.59 Å². The maximum Gasteiger partial charge on any atom is 0.253 e. The highest BCUT2D eigenvalue weighted by atomic mass is 16.5. The third-order valence-corrected chi connectivity index (χ3v) is 3.69. The molecular formula is C20H24N2O5. The lowest BCUT2D eigenvalue weighted by Gasteiger charge is -2.14. The van der Waals surface area contributed by atoms with E-state index in [0.717, 1.165) is 11.3 Å². The minimum atomic E-state index is -0.650. The topological polar surface area (TPSA) is 85.9 Å². The molecule has 0 aromatic heterocycles. The molecule has 0 radical (unpaired) electrons. The van der Waals surface area contributed by atoms with Gasteiger partial charge in [0.2, 0.25) is 5.91 Å². The molecule has 0 fully saturated rings. The van der Waals surface area contributed by atoms with E-state index >= 15 is 0 Å². The van der Waals surface area contributed by atoms with E-state index in [1.807, 2.05) is 24.3 Å². The number of nitrogens with one attached hydrogen (secondary N) is 2. The number of carbonyl (C=O) groups excluding carboxylic acids is 2. The number of rotatable bonds is 9. The molecule has 2 amide bonds. The Labute approximate surface area is 158 Å². The van der Waals surface area contributed by atoms with Gasteiger partial charge in [-0.3, -0.25) is 9.59 Å². The number of carbonyl (C=O) groups is 2. The Balaban J connectivity index is 1.89. The van der Waals surface area contributed by atoms with Crippen molar-refractivity contribution in [3.05, 3.63) is 54.1 Å². The zero-order chi connectivity index (χ0) is 19.6. The number of amides is 2. The fraction of sp³-hybridized carbons (Fsp3) is 0.300. The Morgan fingerprint density at radius 2 is 1.70 bits per heavy atom. The van der Waals surface area contributed by atoms with Crippen LogP contribution >= 0.6 is 0 Å². The minimum Gasteiger partial charge on any atom is -0.497 e. The molecule has 1 atom stereocenters. The maximum atomic E-state index is 12.3. The molecule has 0 aliphatic rings. The smallest absolute Gasteiger partial charge is 0.253 e. The van der Waals surface area contributed by atoms with Crippen LogP contribution in [0.5, 0.6) is 5.75 Å². The van der Waals surface area contributed by atoms with Crippen molar-refractivity contribution in [2.75, 3.05) is 31.5 Å². The van der Waals surface area contributed by atoms with Gasteiger partial charge in [0.25, 0.3) is 5.91 Å². The number of ether oxygens (including phenoxy) is 3. The van der Waals surface area contributed by atoms with Gasteiger partial charge in [-0.25, -0.2) is 0 Å². The van der Waals surface area contributed by atoms with Crippen LogP contribution in [-0.2, 0) is 25.7 Å². The van der Waals surface area contributed by atoms with Gasteiger partial charge in [0.1, 0.15) is 18.5 Å². The first-order chi connectivity index (χ1) is 13.0. The van der Waals surface area contributed by atoms with Crippen LogP contribution in [0.2, 0.25) is 0 Å². The quantitative estimate of drug-likeness (QED) is 0.707. The predicted octanol–water partition coefficient (Wildman–Crippen LogP) is 2.82. The Bertz CT molecular complexity index is 778. The third kappa shape index (κ3) is 6.73. The van der Waals surface area contributed by atoms with E-state index in [-0.39, 0.29) is 18.4 Å². The van der Waals surface area contributed by atoms with E-state index in [0.29, 0.717) is 18.0 Å². The van der Waals surface area contributed by atoms with Crippen molar-refractivity contribution < 1.29 is 23.8 Å². The van der Waals surface area contributed by atoms with Crippen LogP contribution in [0.4, 0.5) is 11.4 Å². The predicted molar refractivity (Wildman–Crippen MR) is 103 cm³/mol. The van der Waals surface area contributed by atoms with E-state index < -0.39 is 6.10 Å². The molecule has 2 rings (SSSR count). The summed E-state index contributed by atoms with van der Waals surface area (Å²) in [4.78, 5) is 23.9. The molecule has 0 spiro atoms. The molecule has 1 unspecified atom stereocenters. The van der Waals surface area contributed by atoms with E-state index in [4.69, 9.17) is 14.2 Å². The van der Waals surface area contributed by atoms with Gasteiger partial charge in [0.15, 0.2) is 0 Å². The molecule has 0 heterocycles. The zero-order valence-corrected chi connectivity index (χ0v) is 15.7. The normalized spacial score (nSPS) is 11.5. The summed E-state index contributed by atoms with van der Waals surface area (Å²) in [5, 5.41) is 5.46. The molecule has 0 bridgehead atoms. The third-order valence-electron chi connectivity index (χ3n) is 3.69. The Kier molecular flexibility index (Phi) is 7.79. The summed E-state index contributed by atoms with van der Waals surface area (Å²) in [5.41, 5.74) is 2.05. The SMILES string of the molecule is COCC(=O)Nc1cccc(NC(=O)C(C)OCc2cccc(OC)c2)c1. The Morgan fingerprint density at radius 1 is 1.00 bits per heavy atom. The highest BCUT2D eigenvalue weighted by Gasteiger charge is 2.14. The van der Waals surface area contributed by atoms with Gasteiger partial charge < -0.3 is 24.8 Å². The minimum absolute atomic E-state index is 0.0360. The summed E-state index contributed by atoms with van der Waals surface area (Å²) in [5.74, 6) is 0.190. The number of hydrogen-bond donors (Lipinski definition) is 2. The van der Waals surface area contributed by atoms with Crippen LogP contribution in [0.3, 0.4) is 0 Å². The van der Waals surface area contributed by atoms with Crippen molar-refractivity contribution in [3.63, 3.8) is 0 Å². The van der Waals surface area contributed by atoms with E-state index in [2.05, 4.69) is 10.6 Å². The van der Waals surface area contributed by atoms with Gasteiger partial charge in [-0.15, -0.1) is 0 Å². The van der Waals surface area contributed by atoms with Crippen LogP contribution in [0, 0.1) is 0 Å². The second kappa shape index (κ2) is 10.3. The molecular weight excluding hydrogens is 348 g/mol. The molecule has 2 N–H and O–H groups in total. The van der Waals surface area contributed by atoms with Crippen molar-refractivity contribution in [1.29, 1.82) is 0 Å². The van der Waals surface area contributed by atoms with Crippen molar-refractivity contribution in [2.24, 2.45) is 0 Å².